The number of fused-ring (bicyclic) bond motifs is 1. The van der Waals surface area contributed by atoms with Crippen molar-refractivity contribution in [2.45, 2.75) is 52.1 Å². The molecular weight excluding hydrogens is 228 g/mol. The molecule has 2 rings (SSSR count). The highest BCUT2D eigenvalue weighted by atomic mass is 16.1. The Balaban J connectivity index is 2.19. The topological polar surface area (TPSA) is 72.9 Å². The molecule has 0 aromatic carbocycles. The minimum Gasteiger partial charge on any atom is -0.370 e. The van der Waals surface area contributed by atoms with Gasteiger partial charge in [-0.15, -0.1) is 0 Å². The molecule has 5 heteroatoms. The second kappa shape index (κ2) is 5.52. The van der Waals surface area contributed by atoms with Crippen LogP contribution in [0.4, 0.5) is 0 Å². The van der Waals surface area contributed by atoms with Gasteiger partial charge in [0.1, 0.15) is 5.82 Å². The van der Waals surface area contributed by atoms with E-state index in [1.54, 1.807) is 0 Å². The minimum atomic E-state index is -0.225. The van der Waals surface area contributed by atoms with Gasteiger partial charge < -0.3 is 15.6 Å². The van der Waals surface area contributed by atoms with Crippen LogP contribution < -0.4 is 11.1 Å². The van der Waals surface area contributed by atoms with Crippen LogP contribution in [0.1, 0.15) is 49.8 Å². The lowest BCUT2D eigenvalue weighted by molar-refractivity contribution is -0.118. The molecule has 0 spiro atoms. The third kappa shape index (κ3) is 2.72. The predicted molar refractivity (Wildman–Crippen MR) is 70.2 cm³/mol. The molecule has 0 fully saturated rings. The molecule has 1 aliphatic rings. The second-order valence-electron chi connectivity index (χ2n) is 5.17. The van der Waals surface area contributed by atoms with Gasteiger partial charge in [0.15, 0.2) is 0 Å². The number of rotatable bonds is 5. The molecular formula is C13H22N4O. The van der Waals surface area contributed by atoms with E-state index in [1.165, 1.54) is 11.4 Å². The number of hydrogen-bond acceptors (Lipinski definition) is 3. The fourth-order valence-corrected chi connectivity index (χ4v) is 2.49. The van der Waals surface area contributed by atoms with Crippen molar-refractivity contribution in [3.05, 3.63) is 17.2 Å². The molecule has 100 valence electrons. The van der Waals surface area contributed by atoms with Gasteiger partial charge in [-0.1, -0.05) is 13.8 Å². The molecule has 0 saturated heterocycles. The largest absolute Gasteiger partial charge is 0.370 e. The number of nitrogens with zero attached hydrogens (tertiary/aromatic N) is 2. The second-order valence-corrected chi connectivity index (χ2v) is 5.17. The fraction of sp³-hybridized carbons (Fsp3) is 0.692. The summed E-state index contributed by atoms with van der Waals surface area (Å²) >= 11 is 0. The maximum atomic E-state index is 10.8. The third-order valence-electron chi connectivity index (χ3n) is 3.34. The number of carbonyl (C=O) groups excluding carboxylic acids is 1. The summed E-state index contributed by atoms with van der Waals surface area (Å²) in [6.45, 7) is 7.03. The van der Waals surface area contributed by atoms with Gasteiger partial charge in [0, 0.05) is 44.1 Å². The first-order chi connectivity index (χ1) is 8.59. The van der Waals surface area contributed by atoms with Crippen LogP contribution in [-0.2, 0) is 24.3 Å². The summed E-state index contributed by atoms with van der Waals surface area (Å²) in [5.41, 5.74) is 7.70. The van der Waals surface area contributed by atoms with E-state index in [9.17, 15) is 4.79 Å². The SMILES string of the molecule is CC(C)c1nc2c(n1CCCC(N)=O)CCNC2. The first-order valence-corrected chi connectivity index (χ1v) is 6.66. The number of carbonyl (C=O) groups is 1. The van der Waals surface area contributed by atoms with Gasteiger partial charge in [-0.05, 0) is 6.42 Å². The van der Waals surface area contributed by atoms with E-state index < -0.39 is 0 Å². The van der Waals surface area contributed by atoms with Crippen molar-refractivity contribution in [2.75, 3.05) is 6.54 Å². The lowest BCUT2D eigenvalue weighted by atomic mass is 10.1. The van der Waals surface area contributed by atoms with Crippen molar-refractivity contribution in [2.24, 2.45) is 5.73 Å². The Morgan fingerprint density at radius 3 is 3.00 bits per heavy atom. The highest BCUT2D eigenvalue weighted by Crippen LogP contribution is 2.22. The average Bonchev–Trinajstić information content (AvgIpc) is 2.68. The molecule has 0 radical (unpaired) electrons. The Labute approximate surface area is 108 Å². The maximum absolute atomic E-state index is 10.8. The van der Waals surface area contributed by atoms with Gasteiger partial charge in [0.2, 0.25) is 5.91 Å². The Morgan fingerprint density at radius 2 is 2.33 bits per heavy atom. The monoisotopic (exact) mass is 250 g/mol. The van der Waals surface area contributed by atoms with Crippen LogP contribution in [0.25, 0.3) is 0 Å². The molecule has 1 amide bonds. The van der Waals surface area contributed by atoms with Crippen molar-refractivity contribution in [3.63, 3.8) is 0 Å². The van der Waals surface area contributed by atoms with Gasteiger partial charge in [0.05, 0.1) is 5.69 Å². The zero-order valence-electron chi connectivity index (χ0n) is 11.2. The van der Waals surface area contributed by atoms with E-state index in [0.717, 1.165) is 38.3 Å². The molecule has 5 nitrogen and oxygen atoms in total. The highest BCUT2D eigenvalue weighted by molar-refractivity contribution is 5.73. The predicted octanol–water partition coefficient (Wildman–Crippen LogP) is 0.918. The van der Waals surface area contributed by atoms with E-state index in [-0.39, 0.29) is 5.91 Å². The van der Waals surface area contributed by atoms with Crippen LogP contribution in [-0.4, -0.2) is 22.0 Å². The highest BCUT2D eigenvalue weighted by Gasteiger charge is 2.20. The quantitative estimate of drug-likeness (QED) is 0.816. The van der Waals surface area contributed by atoms with E-state index in [1.807, 2.05) is 0 Å². The molecule has 0 atom stereocenters. The number of primary amides is 1. The summed E-state index contributed by atoms with van der Waals surface area (Å²) in [7, 11) is 0. The Morgan fingerprint density at radius 1 is 1.56 bits per heavy atom. The number of nitrogens with two attached hydrogens (primary N) is 1. The summed E-state index contributed by atoms with van der Waals surface area (Å²) in [4.78, 5) is 15.6. The van der Waals surface area contributed by atoms with Crippen molar-refractivity contribution >= 4 is 5.91 Å². The average molecular weight is 250 g/mol. The summed E-state index contributed by atoms with van der Waals surface area (Å²) < 4.78 is 2.30. The Hall–Kier alpha value is -1.36. The Kier molecular flexibility index (Phi) is 4.01. The molecule has 1 aliphatic heterocycles. The Bertz CT molecular complexity index is 436. The molecule has 1 aromatic heterocycles. The zero-order chi connectivity index (χ0) is 13.1. The fourth-order valence-electron chi connectivity index (χ4n) is 2.49. The number of aromatic nitrogens is 2. The minimum absolute atomic E-state index is 0.225. The molecule has 0 unspecified atom stereocenters. The van der Waals surface area contributed by atoms with Crippen LogP contribution in [0.3, 0.4) is 0 Å². The van der Waals surface area contributed by atoms with E-state index in [4.69, 9.17) is 10.7 Å². The molecule has 0 aliphatic carbocycles. The molecule has 0 bridgehead atoms. The van der Waals surface area contributed by atoms with Crippen LogP contribution in [0, 0.1) is 0 Å². The van der Waals surface area contributed by atoms with Gasteiger partial charge >= 0.3 is 0 Å². The third-order valence-corrected chi connectivity index (χ3v) is 3.34. The van der Waals surface area contributed by atoms with Crippen LogP contribution in [0.5, 0.6) is 0 Å². The van der Waals surface area contributed by atoms with Gasteiger partial charge in [-0.25, -0.2) is 4.98 Å². The van der Waals surface area contributed by atoms with Crippen molar-refractivity contribution in [3.8, 4) is 0 Å². The van der Waals surface area contributed by atoms with Crippen LogP contribution in [0.15, 0.2) is 0 Å². The van der Waals surface area contributed by atoms with Gasteiger partial charge in [-0.3, -0.25) is 4.79 Å². The number of nitrogens with one attached hydrogen (secondary N) is 1. The number of hydrogen-bond donors (Lipinski definition) is 2. The number of amides is 1. The first-order valence-electron chi connectivity index (χ1n) is 6.66. The van der Waals surface area contributed by atoms with Gasteiger partial charge in [0.25, 0.3) is 0 Å². The number of imidazole rings is 1. The molecule has 0 saturated carbocycles. The van der Waals surface area contributed by atoms with E-state index >= 15 is 0 Å². The van der Waals surface area contributed by atoms with Gasteiger partial charge in [-0.2, -0.15) is 0 Å². The molecule has 2 heterocycles. The summed E-state index contributed by atoms with van der Waals surface area (Å²) in [5, 5.41) is 3.34. The molecule has 18 heavy (non-hydrogen) atoms. The van der Waals surface area contributed by atoms with Crippen LogP contribution in [0.2, 0.25) is 0 Å². The van der Waals surface area contributed by atoms with E-state index in [2.05, 4.69) is 23.7 Å². The van der Waals surface area contributed by atoms with E-state index in [0.29, 0.717) is 12.3 Å². The molecule has 1 aromatic rings. The lowest BCUT2D eigenvalue weighted by Gasteiger charge is -2.16. The smallest absolute Gasteiger partial charge is 0.217 e. The summed E-state index contributed by atoms with van der Waals surface area (Å²) in [5.74, 6) is 1.31. The maximum Gasteiger partial charge on any atom is 0.217 e. The summed E-state index contributed by atoms with van der Waals surface area (Å²) in [6.07, 6.45) is 2.26. The standard InChI is InChI=1S/C13H22N4O/c1-9(2)13-16-10-8-15-6-5-11(10)17(13)7-3-4-12(14)18/h9,15H,3-8H2,1-2H3,(H2,14,18). The normalized spacial score (nSPS) is 14.8. The van der Waals surface area contributed by atoms with Crippen molar-refractivity contribution in [1.82, 2.24) is 14.9 Å². The molecule has 3 N–H and O–H groups in total. The first kappa shape index (κ1) is 13.1. The van der Waals surface area contributed by atoms with Crippen molar-refractivity contribution in [1.29, 1.82) is 0 Å². The van der Waals surface area contributed by atoms with Crippen molar-refractivity contribution < 1.29 is 4.79 Å². The summed E-state index contributed by atoms with van der Waals surface area (Å²) in [6, 6.07) is 0. The zero-order valence-corrected chi connectivity index (χ0v) is 11.2. The lowest BCUT2D eigenvalue weighted by Crippen LogP contribution is -2.25. The van der Waals surface area contributed by atoms with Crippen LogP contribution >= 0.6 is 0 Å².